The van der Waals surface area contributed by atoms with Crippen LogP contribution in [0.3, 0.4) is 0 Å². The first kappa shape index (κ1) is 10.2. The summed E-state index contributed by atoms with van der Waals surface area (Å²) >= 11 is 0. The zero-order valence-electron chi connectivity index (χ0n) is 7.22. The molecule has 0 aliphatic heterocycles. The highest BCUT2D eigenvalue weighted by Gasteiger charge is 2.09. The third-order valence-electron chi connectivity index (χ3n) is 1.69. The Morgan fingerprint density at radius 2 is 1.60 bits per heavy atom. The molecule has 1 nitrogen and oxygen atoms in total. The minimum Gasteiger partial charge on any atom is -0.260 e. The predicted molar refractivity (Wildman–Crippen MR) is 47.7 cm³/mol. The fraction of sp³-hybridized carbons (Fsp3) is 1.00. The van der Waals surface area contributed by atoms with Crippen molar-refractivity contribution in [3.05, 3.63) is 0 Å². The van der Waals surface area contributed by atoms with Gasteiger partial charge in [-0.3, -0.25) is 4.21 Å². The lowest BCUT2D eigenvalue weighted by Crippen LogP contribution is -2.12. The Labute approximate surface area is 66.7 Å². The average molecular weight is 162 g/mol. The average Bonchev–Trinajstić information content (AvgIpc) is 1.87. The molecule has 0 bridgehead atoms. The van der Waals surface area contributed by atoms with Crippen LogP contribution in [0.25, 0.3) is 0 Å². The van der Waals surface area contributed by atoms with E-state index >= 15 is 0 Å². The smallest absolute Gasteiger partial charge is 0.0345 e. The van der Waals surface area contributed by atoms with Crippen molar-refractivity contribution in [3.63, 3.8) is 0 Å². The van der Waals surface area contributed by atoms with Gasteiger partial charge in [-0.1, -0.05) is 26.7 Å². The van der Waals surface area contributed by atoms with Crippen LogP contribution in [0.1, 0.15) is 39.5 Å². The molecule has 0 aliphatic rings. The Hall–Kier alpha value is 0.150. The molecule has 0 N–H and O–H groups in total. The molecule has 0 saturated carbocycles. The number of hydrogen-bond donors (Lipinski definition) is 0. The molecule has 0 aliphatic carbocycles. The molecule has 0 spiro atoms. The van der Waals surface area contributed by atoms with E-state index in [1.54, 1.807) is 0 Å². The third kappa shape index (κ3) is 4.04. The van der Waals surface area contributed by atoms with Crippen LogP contribution in [-0.4, -0.2) is 15.7 Å². The Balaban J connectivity index is 3.61. The maximum absolute atomic E-state index is 11.0. The summed E-state index contributed by atoms with van der Waals surface area (Å²) in [5, 5.41) is 0.454. The molecular formula is C8H18OS. The molecule has 0 amide bonds. The Kier molecular flexibility index (Phi) is 5.99. The van der Waals surface area contributed by atoms with Crippen molar-refractivity contribution in [1.82, 2.24) is 0 Å². The largest absolute Gasteiger partial charge is 0.260 e. The van der Waals surface area contributed by atoms with Crippen LogP contribution >= 0.6 is 0 Å². The maximum atomic E-state index is 11.0. The van der Waals surface area contributed by atoms with Crippen LogP contribution in [-0.2, 0) is 10.8 Å². The SMILES string of the molecule is CCCC(CCC)S(C)=O. The molecule has 0 saturated heterocycles. The summed E-state index contributed by atoms with van der Waals surface area (Å²) in [5.41, 5.74) is 0. The van der Waals surface area contributed by atoms with Gasteiger partial charge in [0.15, 0.2) is 0 Å². The molecule has 2 heteroatoms. The highest BCUT2D eigenvalue weighted by molar-refractivity contribution is 7.84. The van der Waals surface area contributed by atoms with Crippen LogP contribution in [0, 0.1) is 0 Å². The van der Waals surface area contributed by atoms with Gasteiger partial charge in [0.05, 0.1) is 0 Å². The lowest BCUT2D eigenvalue weighted by Gasteiger charge is -2.10. The van der Waals surface area contributed by atoms with Gasteiger partial charge >= 0.3 is 0 Å². The standard InChI is InChI=1S/C8H18OS/c1-4-6-8(7-5-2)10(3)9/h8H,4-7H2,1-3H3. The van der Waals surface area contributed by atoms with Crippen molar-refractivity contribution in [2.45, 2.75) is 44.8 Å². The minimum absolute atomic E-state index is 0.454. The molecule has 0 fully saturated rings. The van der Waals surface area contributed by atoms with E-state index in [1.165, 1.54) is 0 Å². The highest BCUT2D eigenvalue weighted by Crippen LogP contribution is 2.09. The van der Waals surface area contributed by atoms with Crippen LogP contribution in [0.2, 0.25) is 0 Å². The summed E-state index contributed by atoms with van der Waals surface area (Å²) in [7, 11) is -0.603. The molecule has 0 aromatic carbocycles. The van der Waals surface area contributed by atoms with Gasteiger partial charge in [-0.05, 0) is 12.8 Å². The lowest BCUT2D eigenvalue weighted by molar-refractivity contribution is 0.627. The lowest BCUT2D eigenvalue weighted by atomic mass is 10.2. The van der Waals surface area contributed by atoms with Crippen LogP contribution < -0.4 is 0 Å². The quantitative estimate of drug-likeness (QED) is 0.606. The van der Waals surface area contributed by atoms with Crippen LogP contribution in [0.4, 0.5) is 0 Å². The van der Waals surface area contributed by atoms with Crippen LogP contribution in [0.5, 0.6) is 0 Å². The van der Waals surface area contributed by atoms with E-state index in [4.69, 9.17) is 0 Å². The molecular weight excluding hydrogens is 144 g/mol. The minimum atomic E-state index is -0.603. The van der Waals surface area contributed by atoms with E-state index in [2.05, 4.69) is 13.8 Å². The van der Waals surface area contributed by atoms with Crippen molar-refractivity contribution in [2.75, 3.05) is 6.26 Å². The van der Waals surface area contributed by atoms with Gasteiger partial charge in [0.25, 0.3) is 0 Å². The van der Waals surface area contributed by atoms with E-state index in [1.807, 2.05) is 6.26 Å². The first-order chi connectivity index (χ1) is 4.72. The van der Waals surface area contributed by atoms with Gasteiger partial charge in [-0.2, -0.15) is 0 Å². The fourth-order valence-electron chi connectivity index (χ4n) is 1.12. The molecule has 0 heterocycles. The van der Waals surface area contributed by atoms with Gasteiger partial charge in [-0.25, -0.2) is 0 Å². The van der Waals surface area contributed by atoms with E-state index < -0.39 is 10.8 Å². The molecule has 0 radical (unpaired) electrons. The maximum Gasteiger partial charge on any atom is 0.0345 e. The Bertz CT molecular complexity index is 95.4. The summed E-state index contributed by atoms with van der Waals surface area (Å²) in [6.45, 7) is 4.30. The van der Waals surface area contributed by atoms with Gasteiger partial charge in [0, 0.05) is 22.3 Å². The zero-order chi connectivity index (χ0) is 7.98. The van der Waals surface area contributed by atoms with E-state index in [-0.39, 0.29) is 0 Å². The molecule has 10 heavy (non-hydrogen) atoms. The monoisotopic (exact) mass is 162 g/mol. The zero-order valence-corrected chi connectivity index (χ0v) is 8.04. The fourth-order valence-corrected chi connectivity index (χ4v) is 2.26. The molecule has 0 rings (SSSR count). The normalized spacial score (nSPS) is 14.0. The Morgan fingerprint density at radius 1 is 1.20 bits per heavy atom. The topological polar surface area (TPSA) is 17.1 Å². The van der Waals surface area contributed by atoms with E-state index in [0.29, 0.717) is 5.25 Å². The van der Waals surface area contributed by atoms with Crippen molar-refractivity contribution in [2.24, 2.45) is 0 Å². The van der Waals surface area contributed by atoms with Crippen LogP contribution in [0.15, 0.2) is 0 Å². The first-order valence-electron chi connectivity index (χ1n) is 4.04. The molecule has 1 atom stereocenters. The number of rotatable bonds is 5. The van der Waals surface area contributed by atoms with Crippen molar-refractivity contribution in [3.8, 4) is 0 Å². The third-order valence-corrected chi connectivity index (χ3v) is 3.10. The highest BCUT2D eigenvalue weighted by atomic mass is 32.2. The second-order valence-electron chi connectivity index (χ2n) is 2.70. The van der Waals surface area contributed by atoms with Gasteiger partial charge in [0.2, 0.25) is 0 Å². The van der Waals surface area contributed by atoms with E-state index in [9.17, 15) is 4.21 Å². The summed E-state index contributed by atoms with van der Waals surface area (Å²) in [4.78, 5) is 0. The molecule has 1 unspecified atom stereocenters. The predicted octanol–water partition coefficient (Wildman–Crippen LogP) is 2.33. The van der Waals surface area contributed by atoms with E-state index in [0.717, 1.165) is 25.7 Å². The van der Waals surface area contributed by atoms with Gasteiger partial charge in [-0.15, -0.1) is 0 Å². The molecule has 62 valence electrons. The molecule has 0 aromatic heterocycles. The Morgan fingerprint density at radius 3 is 1.80 bits per heavy atom. The second-order valence-corrected chi connectivity index (χ2v) is 4.36. The number of hydrogen-bond acceptors (Lipinski definition) is 1. The van der Waals surface area contributed by atoms with Crippen molar-refractivity contribution in [1.29, 1.82) is 0 Å². The summed E-state index contributed by atoms with van der Waals surface area (Å²) < 4.78 is 11.0. The summed E-state index contributed by atoms with van der Waals surface area (Å²) in [6, 6.07) is 0. The second kappa shape index (κ2) is 5.90. The first-order valence-corrected chi connectivity index (χ1v) is 5.66. The molecule has 0 aromatic rings. The summed E-state index contributed by atoms with van der Waals surface area (Å²) in [5.74, 6) is 0. The van der Waals surface area contributed by atoms with Gasteiger partial charge in [0.1, 0.15) is 0 Å². The van der Waals surface area contributed by atoms with Gasteiger partial charge < -0.3 is 0 Å². The van der Waals surface area contributed by atoms with Crippen molar-refractivity contribution < 1.29 is 4.21 Å². The summed E-state index contributed by atoms with van der Waals surface area (Å²) in [6.07, 6.45) is 6.37. The van der Waals surface area contributed by atoms with Crippen molar-refractivity contribution >= 4 is 10.8 Å².